The summed E-state index contributed by atoms with van der Waals surface area (Å²) in [5.41, 5.74) is -4.30. The first kappa shape index (κ1) is 112. The van der Waals surface area contributed by atoms with Gasteiger partial charge in [0, 0.05) is 31.1 Å². The van der Waals surface area contributed by atoms with Gasteiger partial charge in [0.15, 0.2) is 36.6 Å². The lowest BCUT2D eigenvalue weighted by molar-refractivity contribution is -0.226. The third-order valence-corrected chi connectivity index (χ3v) is 44.9. The van der Waals surface area contributed by atoms with Crippen molar-refractivity contribution in [2.75, 3.05) is 0 Å². The molecule has 29 aliphatic rings. The van der Waals surface area contributed by atoms with Crippen molar-refractivity contribution >= 4 is 65.7 Å². The molecule has 0 spiro atoms. The van der Waals surface area contributed by atoms with Crippen LogP contribution < -0.4 is 0 Å². The molecule has 3 N–H and O–H groups in total. The molecular weight excluding hydrogens is 1910 g/mol. The average molecular weight is 2100 g/mol. The highest BCUT2D eigenvalue weighted by atomic mass is 16.7. The number of fused-ring (bicyclic) bond motifs is 21. The van der Waals surface area contributed by atoms with Gasteiger partial charge >= 0.3 is 65.7 Å². The van der Waals surface area contributed by atoms with Gasteiger partial charge in [0.2, 0.25) is 0 Å². The van der Waals surface area contributed by atoms with Gasteiger partial charge in [-0.25, -0.2) is 0 Å². The van der Waals surface area contributed by atoms with Gasteiger partial charge in [-0.15, -0.1) is 0 Å². The smallest absolute Gasteiger partial charge is 0.312 e. The lowest BCUT2D eigenvalue weighted by Crippen LogP contribution is -2.61. The van der Waals surface area contributed by atoms with Crippen LogP contribution in [0.25, 0.3) is 0 Å². The van der Waals surface area contributed by atoms with Crippen molar-refractivity contribution < 1.29 is 134 Å². The van der Waals surface area contributed by atoms with E-state index in [-0.39, 0.29) is 184 Å². The quantitative estimate of drug-likeness (QED) is 0.0411. The maximum atomic E-state index is 12.4. The summed E-state index contributed by atoms with van der Waals surface area (Å²) in [7, 11) is 0. The van der Waals surface area contributed by atoms with Gasteiger partial charge in [-0.05, 0) is 380 Å². The second-order valence-corrected chi connectivity index (χ2v) is 56.2. The van der Waals surface area contributed by atoms with Crippen molar-refractivity contribution in [2.45, 2.75) is 527 Å². The lowest BCUT2D eigenvalue weighted by Gasteiger charge is -2.59. The van der Waals surface area contributed by atoms with Crippen molar-refractivity contribution in [3.8, 4) is 0 Å². The number of ether oxygens (including phenoxy) is 14. The molecule has 9 heterocycles. The number of rotatable bonds is 26. The van der Waals surface area contributed by atoms with Crippen LogP contribution in [0.3, 0.4) is 0 Å². The highest BCUT2D eigenvalue weighted by molar-refractivity contribution is 5.82. The van der Waals surface area contributed by atoms with Crippen molar-refractivity contribution in [3.63, 3.8) is 0 Å². The highest BCUT2D eigenvalue weighted by Gasteiger charge is 2.74. The van der Waals surface area contributed by atoms with Crippen LogP contribution in [-0.2, 0) is 119 Å². The molecule has 29 rings (SSSR count). The average Bonchev–Trinajstić information content (AvgIpc) is 1.36. The summed E-state index contributed by atoms with van der Waals surface area (Å²) < 4.78 is 79.4. The molecule has 842 valence electrons. The van der Waals surface area contributed by atoms with E-state index in [0.717, 1.165) is 188 Å². The molecule has 20 aliphatic carbocycles. The van der Waals surface area contributed by atoms with Gasteiger partial charge in [0.05, 0.1) is 98.7 Å². The van der Waals surface area contributed by atoms with Crippen molar-refractivity contribution in [1.82, 2.24) is 0 Å². The molecular formula is C122H186O28. The minimum Gasteiger partial charge on any atom is -0.459 e. The first-order valence-electron chi connectivity index (χ1n) is 60.3. The first-order chi connectivity index (χ1) is 70.8. The second-order valence-electron chi connectivity index (χ2n) is 56.2. The van der Waals surface area contributed by atoms with Gasteiger partial charge in [-0.3, -0.25) is 52.7 Å². The summed E-state index contributed by atoms with van der Waals surface area (Å²) in [6.07, 6.45) is 37.8. The Morgan fingerprint density at radius 2 is 0.573 bits per heavy atom. The minimum atomic E-state index is -0.555. The molecule has 28 nitrogen and oxygen atoms in total. The summed E-state index contributed by atoms with van der Waals surface area (Å²) in [4.78, 5) is 132. The van der Waals surface area contributed by atoms with Crippen molar-refractivity contribution in [3.05, 3.63) is 0 Å². The van der Waals surface area contributed by atoms with Crippen LogP contribution in [0, 0.1) is 170 Å². The zero-order valence-corrected chi connectivity index (χ0v) is 94.5. The first-order valence-corrected chi connectivity index (χ1v) is 60.3. The van der Waals surface area contributed by atoms with E-state index in [0.29, 0.717) is 98.7 Å². The van der Waals surface area contributed by atoms with Gasteiger partial charge in [-0.1, -0.05) is 104 Å². The molecule has 40 atom stereocenters. The second kappa shape index (κ2) is 42.0. The number of hydrogen-bond acceptors (Lipinski definition) is 28. The zero-order chi connectivity index (χ0) is 108. The Morgan fingerprint density at radius 1 is 0.307 bits per heavy atom. The molecule has 0 aromatic carbocycles. The number of carbonyl (C=O) groups excluding carboxylic acids is 11. The van der Waals surface area contributed by atoms with Crippen LogP contribution in [0.4, 0.5) is 0 Å². The Bertz CT molecular complexity index is 4720. The van der Waals surface area contributed by atoms with Crippen molar-refractivity contribution in [1.29, 1.82) is 0 Å². The maximum Gasteiger partial charge on any atom is 0.312 e. The van der Waals surface area contributed by atoms with Crippen LogP contribution in [0.15, 0.2) is 0 Å². The predicted octanol–water partition coefficient (Wildman–Crippen LogP) is 20.0. The molecule has 9 saturated heterocycles. The van der Waals surface area contributed by atoms with E-state index in [2.05, 4.69) is 27.7 Å². The summed E-state index contributed by atoms with van der Waals surface area (Å²) in [6, 6.07) is 0. The number of esters is 11. The maximum absolute atomic E-state index is 12.4. The molecule has 40 unspecified atom stereocenters. The normalized spacial score (nSPS) is 46.1. The Labute approximate surface area is 892 Å². The SMILES string of the molecule is CCC(C)(C)C(=O)OC12CC3CC(CC(O)(C3)C1)C2.CCC(C)(C)C(=O)OC1C2CC3C(=O)OC1C3O2.CCC(C)(C)C(=O)OC1C2CC3C(=O)OC1C3O2.CCC(C)C(=O)OC1(CC)CC2CC1C1C3CCC(C3)C21.CCC(C)C(=O)OC1(CC)CC2CC1C1C3CCC(C3)C21.CCC(C)C(=O)OC12CC3CC(CC(O)(C3)C1)C2.CCC(C)C(=O)OC12CC3CC(CC(O)(C3)C1)C2.CCC(C)C(=O)OC1C2CC3C(=O)OC1C3O2. The molecule has 9 aliphatic heterocycles. The van der Waals surface area contributed by atoms with E-state index in [1.165, 1.54) is 83.5 Å². The molecule has 0 radical (unpaired) electrons. The fraction of sp³-hybridized carbons (Fsp3) is 0.910. The predicted molar refractivity (Wildman–Crippen MR) is 551 cm³/mol. The van der Waals surface area contributed by atoms with E-state index < -0.39 is 63.6 Å². The topological polar surface area (TPSA) is 378 Å². The number of carbonyl (C=O) groups is 11. The number of hydrogen-bond donors (Lipinski definition) is 3. The van der Waals surface area contributed by atoms with E-state index in [9.17, 15) is 68.1 Å². The van der Waals surface area contributed by atoms with Gasteiger partial charge in [0.1, 0.15) is 46.3 Å². The zero-order valence-electron chi connectivity index (χ0n) is 94.5. The third-order valence-electron chi connectivity index (χ3n) is 44.9. The summed E-state index contributed by atoms with van der Waals surface area (Å²) >= 11 is 0. The van der Waals surface area contributed by atoms with E-state index in [4.69, 9.17) is 66.3 Å². The Balaban J connectivity index is 0.000000108. The molecule has 150 heavy (non-hydrogen) atoms. The van der Waals surface area contributed by atoms with Crippen LogP contribution in [0.5, 0.6) is 0 Å². The van der Waals surface area contributed by atoms with E-state index in [1.807, 2.05) is 118 Å². The standard InChI is InChI=1S/2C19H30O2.C16H26O3.2C15H24O3.2C13H18O5.C12H16O5/c2*1-4-11(3)18(20)21-19(5-2)10-14-9-15(19)17-13-7-6-12(8-13)16(14)17;1-4-14(2,3)13(17)19-16-8-11-5-12(9-16)7-15(18,6-11)10-16;2*1-3-10(2)13(16)18-15-7-11-4-12(8-15)6-14(17,5-11)9-15;2*1-4-13(2,3)12(15)18-9-7-5-6-8(16-7)10(9)17-11(6)14;1-3-5(2)11(13)16-9-7-4-6-8(15-7)10(9)17-12(6)14/h2*11-17H,4-10H2,1-3H3;11-12,18H,4-10H2,1-3H3;2*10-12,17H,3-9H2,1-2H3;2*6-10H,4-5H2,1-3H3;5-10H,3-4H2,1-2H3. The fourth-order valence-electron chi connectivity index (χ4n) is 36.1. The monoisotopic (exact) mass is 2100 g/mol. The van der Waals surface area contributed by atoms with Crippen molar-refractivity contribution in [2.24, 2.45) is 170 Å². The molecule has 0 aromatic heterocycles. The molecule has 29 fully saturated rings. The molecule has 26 bridgehead atoms. The minimum absolute atomic E-state index is 0.0207. The third kappa shape index (κ3) is 20.8. The van der Waals surface area contributed by atoms with Crippen LogP contribution >= 0.6 is 0 Å². The van der Waals surface area contributed by atoms with Crippen LogP contribution in [0.1, 0.15) is 409 Å². The molecule has 0 aromatic rings. The summed E-state index contributed by atoms with van der Waals surface area (Å²) in [5, 5.41) is 31.8. The summed E-state index contributed by atoms with van der Waals surface area (Å²) in [5.74, 6) is 12.3. The van der Waals surface area contributed by atoms with Gasteiger partial charge in [-0.2, -0.15) is 0 Å². The Morgan fingerprint density at radius 3 is 0.853 bits per heavy atom. The number of aliphatic hydroxyl groups is 3. The highest BCUT2D eigenvalue weighted by Crippen LogP contribution is 2.74. The summed E-state index contributed by atoms with van der Waals surface area (Å²) in [6.45, 7) is 41.6. The largest absolute Gasteiger partial charge is 0.459 e. The molecule has 28 heteroatoms. The van der Waals surface area contributed by atoms with Gasteiger partial charge < -0.3 is 81.6 Å². The van der Waals surface area contributed by atoms with Gasteiger partial charge in [0.25, 0.3) is 0 Å². The fourth-order valence-corrected chi connectivity index (χ4v) is 36.1. The molecule has 0 amide bonds. The Hall–Kier alpha value is -6.07. The lowest BCUT2D eigenvalue weighted by atomic mass is 9.52. The van der Waals surface area contributed by atoms with E-state index in [1.54, 1.807) is 0 Å². The Kier molecular flexibility index (Phi) is 31.4. The van der Waals surface area contributed by atoms with E-state index >= 15 is 0 Å². The van der Waals surface area contributed by atoms with Crippen LogP contribution in [-0.4, -0.2) is 199 Å². The van der Waals surface area contributed by atoms with Crippen LogP contribution in [0.2, 0.25) is 0 Å². The molecule has 20 saturated carbocycles.